The van der Waals surface area contributed by atoms with E-state index in [1.54, 1.807) is 6.08 Å². The first-order chi connectivity index (χ1) is 9.75. The number of thiocarbonyl (C=S) groups is 1. The highest BCUT2D eigenvalue weighted by Crippen LogP contribution is 2.21. The van der Waals surface area contributed by atoms with Crippen LogP contribution in [-0.4, -0.2) is 11.0 Å². The average Bonchev–Trinajstić information content (AvgIpc) is 2.75. The predicted molar refractivity (Wildman–Crippen MR) is 84.1 cm³/mol. The van der Waals surface area contributed by atoms with Crippen molar-refractivity contribution in [2.24, 2.45) is 0 Å². The van der Waals surface area contributed by atoms with Gasteiger partial charge >= 0.3 is 0 Å². The van der Waals surface area contributed by atoms with Gasteiger partial charge in [0.2, 0.25) is 0 Å². The lowest BCUT2D eigenvalue weighted by atomic mass is 10.2. The molecule has 0 radical (unpaired) electrons. The van der Waals surface area contributed by atoms with Crippen LogP contribution in [0.5, 0.6) is 0 Å². The van der Waals surface area contributed by atoms with Gasteiger partial charge in [-0.25, -0.2) is 0 Å². The third-order valence-corrected chi connectivity index (χ3v) is 3.29. The zero-order valence-electron chi connectivity index (χ0n) is 10.6. The Hall–Kier alpha value is -2.46. The number of carbonyl (C=O) groups is 1. The van der Waals surface area contributed by atoms with Crippen LogP contribution < -0.4 is 10.2 Å². The van der Waals surface area contributed by atoms with E-state index in [0.29, 0.717) is 10.8 Å². The summed E-state index contributed by atoms with van der Waals surface area (Å²) in [6, 6.07) is 19.1. The molecule has 1 amide bonds. The molecule has 0 saturated carbocycles. The summed E-state index contributed by atoms with van der Waals surface area (Å²) in [5.74, 6) is -0.134. The van der Waals surface area contributed by atoms with Gasteiger partial charge in [0.15, 0.2) is 5.11 Å². The molecule has 98 valence electrons. The zero-order chi connectivity index (χ0) is 13.9. The van der Waals surface area contributed by atoms with Crippen molar-refractivity contribution < 1.29 is 4.79 Å². The van der Waals surface area contributed by atoms with Gasteiger partial charge < -0.3 is 5.32 Å². The van der Waals surface area contributed by atoms with Gasteiger partial charge in [-0.2, -0.15) is 0 Å². The molecule has 1 aliphatic heterocycles. The van der Waals surface area contributed by atoms with Crippen molar-refractivity contribution in [2.45, 2.75) is 0 Å². The number of hydrogen-bond acceptors (Lipinski definition) is 2. The molecule has 0 spiro atoms. The van der Waals surface area contributed by atoms with Gasteiger partial charge in [0.25, 0.3) is 5.91 Å². The monoisotopic (exact) mass is 280 g/mol. The molecule has 2 aromatic rings. The summed E-state index contributed by atoms with van der Waals surface area (Å²) in [5.41, 5.74) is 2.22. The van der Waals surface area contributed by atoms with Gasteiger partial charge in [0.1, 0.15) is 5.70 Å². The molecule has 3 rings (SSSR count). The predicted octanol–water partition coefficient (Wildman–Crippen LogP) is 2.95. The van der Waals surface area contributed by atoms with Gasteiger partial charge in [0, 0.05) is 0 Å². The van der Waals surface area contributed by atoms with Crippen molar-refractivity contribution >= 4 is 35.0 Å². The Morgan fingerprint density at radius 1 is 0.950 bits per heavy atom. The van der Waals surface area contributed by atoms with Crippen LogP contribution >= 0.6 is 12.2 Å². The van der Waals surface area contributed by atoms with Crippen molar-refractivity contribution in [3.8, 4) is 0 Å². The van der Waals surface area contributed by atoms with Gasteiger partial charge in [-0.1, -0.05) is 48.5 Å². The topological polar surface area (TPSA) is 32.3 Å². The van der Waals surface area contributed by atoms with E-state index in [2.05, 4.69) is 5.32 Å². The van der Waals surface area contributed by atoms with Crippen LogP contribution in [0.1, 0.15) is 5.56 Å². The summed E-state index contributed by atoms with van der Waals surface area (Å²) in [5, 5.41) is 3.38. The van der Waals surface area contributed by atoms with Crippen molar-refractivity contribution in [2.75, 3.05) is 4.90 Å². The minimum absolute atomic E-state index is 0.134. The number of anilines is 1. The van der Waals surface area contributed by atoms with Gasteiger partial charge in [-0.05, 0) is 36.0 Å². The third-order valence-electron chi connectivity index (χ3n) is 3.00. The maximum Gasteiger partial charge on any atom is 0.281 e. The normalized spacial score (nSPS) is 16.6. The maximum absolute atomic E-state index is 12.4. The van der Waals surface area contributed by atoms with Crippen molar-refractivity contribution in [3.05, 3.63) is 71.9 Å². The van der Waals surface area contributed by atoms with E-state index >= 15 is 0 Å². The molecule has 0 aromatic heterocycles. The van der Waals surface area contributed by atoms with Crippen LogP contribution in [0.4, 0.5) is 5.69 Å². The SMILES string of the molecule is O=C1C(=Cc2ccccc2)NC(=S)N1c1ccccc1. The lowest BCUT2D eigenvalue weighted by molar-refractivity contribution is -0.113. The number of rotatable bonds is 2. The van der Waals surface area contributed by atoms with E-state index in [1.165, 1.54) is 4.90 Å². The number of hydrogen-bond donors (Lipinski definition) is 1. The highest BCUT2D eigenvalue weighted by molar-refractivity contribution is 7.80. The fourth-order valence-corrected chi connectivity index (χ4v) is 2.36. The Morgan fingerprint density at radius 2 is 1.55 bits per heavy atom. The van der Waals surface area contributed by atoms with E-state index < -0.39 is 0 Å². The quantitative estimate of drug-likeness (QED) is 0.678. The summed E-state index contributed by atoms with van der Waals surface area (Å²) in [6.07, 6.45) is 1.80. The lowest BCUT2D eigenvalue weighted by Gasteiger charge is -2.13. The second-order valence-corrected chi connectivity index (χ2v) is 4.76. The minimum atomic E-state index is -0.134. The van der Waals surface area contributed by atoms with Crippen LogP contribution in [0.15, 0.2) is 66.4 Å². The Bertz CT molecular complexity index is 680. The van der Waals surface area contributed by atoms with Crippen LogP contribution in [-0.2, 0) is 4.79 Å². The zero-order valence-corrected chi connectivity index (χ0v) is 11.4. The average molecular weight is 280 g/mol. The van der Waals surface area contributed by atoms with Crippen molar-refractivity contribution in [3.63, 3.8) is 0 Å². The molecule has 4 heteroatoms. The largest absolute Gasteiger partial charge is 0.327 e. The molecule has 20 heavy (non-hydrogen) atoms. The van der Waals surface area contributed by atoms with E-state index in [4.69, 9.17) is 12.2 Å². The van der Waals surface area contributed by atoms with Crippen molar-refractivity contribution in [1.29, 1.82) is 0 Å². The molecule has 1 fully saturated rings. The van der Waals surface area contributed by atoms with Gasteiger partial charge in [-0.15, -0.1) is 0 Å². The van der Waals surface area contributed by atoms with Crippen LogP contribution in [0, 0.1) is 0 Å². The number of carbonyl (C=O) groups excluding carboxylic acids is 1. The van der Waals surface area contributed by atoms with Gasteiger partial charge in [-0.3, -0.25) is 9.69 Å². The summed E-state index contributed by atoms with van der Waals surface area (Å²) in [7, 11) is 0. The van der Waals surface area contributed by atoms with E-state index in [1.807, 2.05) is 60.7 Å². The van der Waals surface area contributed by atoms with E-state index in [9.17, 15) is 4.79 Å². The lowest BCUT2D eigenvalue weighted by Crippen LogP contribution is -2.30. The first-order valence-electron chi connectivity index (χ1n) is 6.23. The molecule has 0 aliphatic carbocycles. The summed E-state index contributed by atoms with van der Waals surface area (Å²) >= 11 is 5.25. The summed E-state index contributed by atoms with van der Waals surface area (Å²) in [6.45, 7) is 0. The van der Waals surface area contributed by atoms with E-state index in [0.717, 1.165) is 11.3 Å². The molecule has 1 saturated heterocycles. The van der Waals surface area contributed by atoms with Crippen LogP contribution in [0.25, 0.3) is 6.08 Å². The number of nitrogens with one attached hydrogen (secondary N) is 1. The first kappa shape index (κ1) is 12.6. The molecule has 0 unspecified atom stereocenters. The molecule has 0 bridgehead atoms. The number of amides is 1. The Kier molecular flexibility index (Phi) is 3.31. The van der Waals surface area contributed by atoms with E-state index in [-0.39, 0.29) is 5.91 Å². The molecule has 3 nitrogen and oxygen atoms in total. The molecule has 2 aromatic carbocycles. The Labute approximate surface area is 122 Å². The van der Waals surface area contributed by atoms with Crippen LogP contribution in [0.3, 0.4) is 0 Å². The number of benzene rings is 2. The first-order valence-corrected chi connectivity index (χ1v) is 6.64. The van der Waals surface area contributed by atoms with Crippen molar-refractivity contribution in [1.82, 2.24) is 5.32 Å². The minimum Gasteiger partial charge on any atom is -0.327 e. The summed E-state index contributed by atoms with van der Waals surface area (Å²) < 4.78 is 0. The second-order valence-electron chi connectivity index (χ2n) is 4.37. The molecule has 1 heterocycles. The van der Waals surface area contributed by atoms with Gasteiger partial charge in [0.05, 0.1) is 5.69 Å². The second kappa shape index (κ2) is 5.27. The molecular weight excluding hydrogens is 268 g/mol. The number of nitrogens with zero attached hydrogens (tertiary/aromatic N) is 1. The highest BCUT2D eigenvalue weighted by atomic mass is 32.1. The number of para-hydroxylation sites is 1. The molecule has 0 atom stereocenters. The highest BCUT2D eigenvalue weighted by Gasteiger charge is 2.31. The molecular formula is C16H12N2OS. The fourth-order valence-electron chi connectivity index (χ4n) is 2.06. The standard InChI is InChI=1S/C16H12N2OS/c19-15-14(11-12-7-3-1-4-8-12)17-16(20)18(15)13-9-5-2-6-10-13/h1-11H,(H,17,20). The summed E-state index contributed by atoms with van der Waals surface area (Å²) in [4.78, 5) is 13.9. The third kappa shape index (κ3) is 2.33. The smallest absolute Gasteiger partial charge is 0.281 e. The Morgan fingerprint density at radius 3 is 2.20 bits per heavy atom. The van der Waals surface area contributed by atoms with Crippen LogP contribution in [0.2, 0.25) is 0 Å². The maximum atomic E-state index is 12.4. The fraction of sp³-hybridized carbons (Fsp3) is 0. The Balaban J connectivity index is 1.93. The molecule has 1 N–H and O–H groups in total. The molecule has 1 aliphatic rings.